The molecule has 7 nitrogen and oxygen atoms in total. The first-order valence-electron chi connectivity index (χ1n) is 13.3. The van der Waals surface area contributed by atoms with Crippen LogP contribution in [0, 0.1) is 5.82 Å². The van der Waals surface area contributed by atoms with Crippen LogP contribution in [0.2, 0.25) is 5.02 Å². The van der Waals surface area contributed by atoms with Crippen LogP contribution in [-0.4, -0.2) is 55.8 Å². The second-order valence-corrected chi connectivity index (χ2v) is 11.2. The van der Waals surface area contributed by atoms with E-state index in [9.17, 15) is 14.3 Å². The molecule has 1 unspecified atom stereocenters. The van der Waals surface area contributed by atoms with Gasteiger partial charge in [-0.2, -0.15) is 0 Å². The molecule has 1 N–H and O–H groups in total. The van der Waals surface area contributed by atoms with E-state index in [-0.39, 0.29) is 17.0 Å². The molecule has 202 valence electrons. The maximum absolute atomic E-state index is 14.9. The van der Waals surface area contributed by atoms with Crippen LogP contribution in [0.15, 0.2) is 65.8 Å². The van der Waals surface area contributed by atoms with Gasteiger partial charge < -0.3 is 14.6 Å². The van der Waals surface area contributed by atoms with Crippen molar-refractivity contribution in [1.29, 1.82) is 0 Å². The van der Waals surface area contributed by atoms with Gasteiger partial charge in [-0.1, -0.05) is 17.7 Å². The summed E-state index contributed by atoms with van der Waals surface area (Å²) in [5.41, 5.74) is 2.33. The van der Waals surface area contributed by atoms with E-state index < -0.39 is 5.82 Å². The number of aromatic nitrogens is 3. The molecule has 0 saturated carbocycles. The zero-order chi connectivity index (χ0) is 27.3. The molecule has 2 aliphatic rings. The largest absolute Gasteiger partial charge is 0.507 e. The number of nitrogens with zero attached hydrogens (tertiary/aromatic N) is 5. The Kier molecular flexibility index (Phi) is 6.47. The predicted molar refractivity (Wildman–Crippen MR) is 152 cm³/mol. The van der Waals surface area contributed by atoms with Gasteiger partial charge in [0.05, 0.1) is 10.7 Å². The topological polar surface area (TPSA) is 66.5 Å². The highest BCUT2D eigenvalue weighted by Gasteiger charge is 2.40. The molecule has 0 aliphatic carbocycles. The zero-order valence-corrected chi connectivity index (χ0v) is 22.8. The third-order valence-electron chi connectivity index (χ3n) is 8.24. The van der Waals surface area contributed by atoms with E-state index in [0.29, 0.717) is 33.0 Å². The van der Waals surface area contributed by atoms with Crippen LogP contribution in [0.4, 0.5) is 10.2 Å². The molecule has 1 atom stereocenters. The average molecular weight is 548 g/mol. The number of pyridine rings is 1. The number of rotatable bonds is 5. The number of phenolic OH excluding ortho intramolecular Hbond substituents is 1. The van der Waals surface area contributed by atoms with Gasteiger partial charge in [0, 0.05) is 55.4 Å². The number of phenols is 1. The predicted octanol–water partition coefficient (Wildman–Crippen LogP) is 5.47. The maximum atomic E-state index is 14.9. The van der Waals surface area contributed by atoms with E-state index in [0.717, 1.165) is 38.4 Å². The normalized spacial score (nSPS) is 19.7. The highest BCUT2D eigenvalue weighted by molar-refractivity contribution is 6.32. The number of halogens is 2. The maximum Gasteiger partial charge on any atom is 0.332 e. The van der Waals surface area contributed by atoms with Crippen molar-refractivity contribution in [2.24, 2.45) is 7.05 Å². The van der Waals surface area contributed by atoms with E-state index >= 15 is 0 Å². The van der Waals surface area contributed by atoms with Crippen molar-refractivity contribution in [1.82, 2.24) is 19.0 Å². The second kappa shape index (κ2) is 9.84. The number of anilines is 1. The molecule has 0 amide bonds. The monoisotopic (exact) mass is 547 g/mol. The van der Waals surface area contributed by atoms with Gasteiger partial charge in [-0.05, 0) is 86.8 Å². The molecule has 2 aliphatic heterocycles. The minimum atomic E-state index is -0.474. The van der Waals surface area contributed by atoms with Crippen molar-refractivity contribution in [3.63, 3.8) is 0 Å². The molecule has 0 bridgehead atoms. The number of benzene rings is 2. The van der Waals surface area contributed by atoms with Crippen LogP contribution in [-0.2, 0) is 7.05 Å². The Hall–Kier alpha value is -3.62. The van der Waals surface area contributed by atoms with Gasteiger partial charge in [-0.3, -0.25) is 9.47 Å². The fraction of sp³-hybridized carbons (Fsp3) is 0.333. The molecular formula is C30H31ClFN5O2. The lowest BCUT2D eigenvalue weighted by Gasteiger charge is -2.35. The van der Waals surface area contributed by atoms with Crippen LogP contribution < -0.4 is 10.6 Å². The molecule has 2 aromatic carbocycles. The van der Waals surface area contributed by atoms with Crippen LogP contribution in [0.3, 0.4) is 0 Å². The second-order valence-electron chi connectivity index (χ2n) is 10.8. The Morgan fingerprint density at radius 2 is 1.72 bits per heavy atom. The van der Waals surface area contributed by atoms with Crippen molar-refractivity contribution in [3.8, 4) is 33.7 Å². The van der Waals surface area contributed by atoms with Gasteiger partial charge in [0.15, 0.2) is 0 Å². The fourth-order valence-corrected chi connectivity index (χ4v) is 6.24. The summed E-state index contributed by atoms with van der Waals surface area (Å²) in [7, 11) is 1.66. The Bertz CT molecular complexity index is 1610. The Morgan fingerprint density at radius 1 is 1.00 bits per heavy atom. The van der Waals surface area contributed by atoms with Crippen LogP contribution in [0.5, 0.6) is 5.75 Å². The van der Waals surface area contributed by atoms with E-state index in [1.165, 1.54) is 34.1 Å². The fourth-order valence-electron chi connectivity index (χ4n) is 5.97. The third-order valence-corrected chi connectivity index (χ3v) is 8.54. The summed E-state index contributed by atoms with van der Waals surface area (Å²) < 4.78 is 17.8. The number of hydrogen-bond donors (Lipinski definition) is 1. The van der Waals surface area contributed by atoms with E-state index in [2.05, 4.69) is 21.7 Å². The van der Waals surface area contributed by atoms with Gasteiger partial charge in [0.25, 0.3) is 0 Å². The average Bonchev–Trinajstić information content (AvgIpc) is 3.68. The minimum absolute atomic E-state index is 0.0439. The molecule has 2 saturated heterocycles. The summed E-state index contributed by atoms with van der Waals surface area (Å²) in [6.07, 6.45) is 8.57. The Balaban J connectivity index is 1.32. The Morgan fingerprint density at radius 3 is 2.38 bits per heavy atom. The van der Waals surface area contributed by atoms with Gasteiger partial charge in [0.2, 0.25) is 0 Å². The highest BCUT2D eigenvalue weighted by Crippen LogP contribution is 2.41. The molecule has 0 spiro atoms. The number of aromatic hydroxyl groups is 1. The minimum Gasteiger partial charge on any atom is -0.507 e. The highest BCUT2D eigenvalue weighted by atomic mass is 35.5. The summed E-state index contributed by atoms with van der Waals surface area (Å²) >= 11 is 6.55. The van der Waals surface area contributed by atoms with Gasteiger partial charge >= 0.3 is 5.69 Å². The van der Waals surface area contributed by atoms with E-state index in [1.54, 1.807) is 49.9 Å². The molecule has 2 aromatic heterocycles. The summed E-state index contributed by atoms with van der Waals surface area (Å²) in [5, 5.41) is 11.6. The van der Waals surface area contributed by atoms with Crippen LogP contribution in [0.25, 0.3) is 27.9 Å². The third kappa shape index (κ3) is 4.61. The quantitative estimate of drug-likeness (QED) is 0.359. The summed E-state index contributed by atoms with van der Waals surface area (Å²) in [6, 6.07) is 11.4. The lowest BCUT2D eigenvalue weighted by Crippen LogP contribution is -2.46. The number of aryl methyl sites for hydroxylation is 1. The van der Waals surface area contributed by atoms with Gasteiger partial charge in [-0.15, -0.1) is 0 Å². The van der Waals surface area contributed by atoms with Crippen LogP contribution in [0.1, 0.15) is 26.2 Å². The van der Waals surface area contributed by atoms with Crippen molar-refractivity contribution < 1.29 is 9.50 Å². The number of likely N-dealkylation sites (tertiary alicyclic amines) is 1. The van der Waals surface area contributed by atoms with Gasteiger partial charge in [0.1, 0.15) is 17.4 Å². The van der Waals surface area contributed by atoms with Crippen molar-refractivity contribution in [3.05, 3.63) is 82.4 Å². The summed E-state index contributed by atoms with van der Waals surface area (Å²) in [5.74, 6) is 0.303. The molecule has 39 heavy (non-hydrogen) atoms. The Labute approximate surface area is 231 Å². The first-order valence-corrected chi connectivity index (χ1v) is 13.6. The molecule has 4 heterocycles. The van der Waals surface area contributed by atoms with E-state index in [1.807, 2.05) is 6.07 Å². The number of hydrogen-bond acceptors (Lipinski definition) is 5. The zero-order valence-electron chi connectivity index (χ0n) is 22.1. The summed E-state index contributed by atoms with van der Waals surface area (Å²) in [4.78, 5) is 21.9. The molecule has 6 rings (SSSR count). The lowest BCUT2D eigenvalue weighted by molar-refractivity contribution is 0.157. The first-order chi connectivity index (χ1) is 18.7. The lowest BCUT2D eigenvalue weighted by atomic mass is 9.97. The SMILES string of the molecule is Cn1ccn(-c2ccc(-c3cc(F)cc(-c4ccnc(N5CCC(C)(N6CCCC6)C5)c4)c3O)cc2Cl)c1=O. The molecule has 4 aromatic rings. The summed E-state index contributed by atoms with van der Waals surface area (Å²) in [6.45, 7) is 6.41. The smallest absolute Gasteiger partial charge is 0.332 e. The van der Waals surface area contributed by atoms with Crippen molar-refractivity contribution in [2.45, 2.75) is 31.7 Å². The molecule has 0 radical (unpaired) electrons. The number of imidazole rings is 1. The first kappa shape index (κ1) is 25.6. The van der Waals surface area contributed by atoms with Gasteiger partial charge in [-0.25, -0.2) is 14.2 Å². The van der Waals surface area contributed by atoms with Crippen LogP contribution >= 0.6 is 11.6 Å². The van der Waals surface area contributed by atoms with Crippen molar-refractivity contribution in [2.75, 3.05) is 31.1 Å². The standard InChI is InChI=1S/C30H31ClFN5O2/c1-30(36-10-3-4-11-36)8-12-35(19-30)27-16-21(7-9-33-27)24-18-22(32)17-23(28(24)38)20-5-6-26(25(31)15-20)37-14-13-34(2)29(37)39/h5-7,9,13-18,38H,3-4,8,10-12,19H2,1-2H3. The molecule has 9 heteroatoms. The van der Waals surface area contributed by atoms with Crippen molar-refractivity contribution >= 4 is 17.4 Å². The van der Waals surface area contributed by atoms with E-state index in [4.69, 9.17) is 11.6 Å². The molecule has 2 fully saturated rings. The molecular weight excluding hydrogens is 517 g/mol.